The summed E-state index contributed by atoms with van der Waals surface area (Å²) in [4.78, 5) is 12.5. The van der Waals surface area contributed by atoms with Crippen molar-refractivity contribution < 1.29 is 28.8 Å². The minimum atomic E-state index is -0.421. The van der Waals surface area contributed by atoms with Crippen LogP contribution in [0.3, 0.4) is 0 Å². The fraction of sp³-hybridized carbons (Fsp3) is 0.148. The Bertz CT molecular complexity index is 1240. The van der Waals surface area contributed by atoms with Gasteiger partial charge in [0.15, 0.2) is 23.0 Å². The normalized spacial score (nSPS) is 11.0. The van der Waals surface area contributed by atoms with Gasteiger partial charge in [-0.3, -0.25) is 4.79 Å². The number of nitrogens with two attached hydrogens (primary N) is 1. The van der Waals surface area contributed by atoms with E-state index in [1.54, 1.807) is 75.9 Å². The molecule has 35 heavy (non-hydrogen) atoms. The largest absolute Gasteiger partial charge is 0.503 e. The summed E-state index contributed by atoms with van der Waals surface area (Å²) < 4.78 is 21.4. The molecule has 4 N–H and O–H groups in total. The molecule has 0 bridgehead atoms. The van der Waals surface area contributed by atoms with Crippen molar-refractivity contribution in [1.29, 1.82) is 0 Å². The van der Waals surface area contributed by atoms with Gasteiger partial charge in [0, 0.05) is 11.8 Å². The number of ether oxygens (including phenoxy) is 4. The zero-order chi connectivity index (χ0) is 25.4. The fourth-order valence-corrected chi connectivity index (χ4v) is 3.38. The lowest BCUT2D eigenvalue weighted by Crippen LogP contribution is -2.08. The first-order chi connectivity index (χ1) is 16.9. The van der Waals surface area contributed by atoms with Gasteiger partial charge in [-0.1, -0.05) is 24.3 Å². The van der Waals surface area contributed by atoms with Crippen molar-refractivity contribution in [2.45, 2.75) is 0 Å². The van der Waals surface area contributed by atoms with Gasteiger partial charge in [0.25, 0.3) is 0 Å². The summed E-state index contributed by atoms with van der Waals surface area (Å²) in [5.74, 6) is 1.16. The molecule has 0 aliphatic heterocycles. The van der Waals surface area contributed by atoms with Crippen molar-refractivity contribution in [1.82, 2.24) is 0 Å². The zero-order valence-electron chi connectivity index (χ0n) is 20.0. The van der Waals surface area contributed by atoms with Crippen molar-refractivity contribution >= 4 is 35.5 Å². The Morgan fingerprint density at radius 2 is 1.40 bits per heavy atom. The van der Waals surface area contributed by atoms with E-state index in [0.717, 1.165) is 11.1 Å². The summed E-state index contributed by atoms with van der Waals surface area (Å²) in [5.41, 5.74) is 8.83. The summed E-state index contributed by atoms with van der Waals surface area (Å²) in [5, 5.41) is 13.2. The van der Waals surface area contributed by atoms with E-state index in [9.17, 15) is 9.90 Å². The lowest BCUT2D eigenvalue weighted by atomic mass is 10.1. The number of phenolic OH excluding ortho intramolecular Hbond substituents is 1. The van der Waals surface area contributed by atoms with E-state index < -0.39 is 5.91 Å². The Balaban J connectivity index is 1.87. The predicted molar refractivity (Wildman–Crippen MR) is 138 cm³/mol. The molecule has 1 amide bonds. The van der Waals surface area contributed by atoms with Gasteiger partial charge in [-0.2, -0.15) is 0 Å². The van der Waals surface area contributed by atoms with Crippen molar-refractivity contribution in [3.8, 4) is 28.7 Å². The molecule has 3 aromatic rings. The highest BCUT2D eigenvalue weighted by atomic mass is 16.5. The second-order valence-corrected chi connectivity index (χ2v) is 7.40. The van der Waals surface area contributed by atoms with Crippen LogP contribution >= 0.6 is 0 Å². The van der Waals surface area contributed by atoms with E-state index in [1.807, 2.05) is 12.1 Å². The second-order valence-electron chi connectivity index (χ2n) is 7.40. The molecule has 0 aromatic heterocycles. The van der Waals surface area contributed by atoms with E-state index in [0.29, 0.717) is 28.5 Å². The van der Waals surface area contributed by atoms with E-state index in [1.165, 1.54) is 13.2 Å². The molecule has 0 unspecified atom stereocenters. The van der Waals surface area contributed by atoms with Gasteiger partial charge in [-0.05, 0) is 59.2 Å². The predicted octanol–water partition coefficient (Wildman–Crippen LogP) is 4.83. The lowest BCUT2D eigenvalue weighted by Gasteiger charge is -2.13. The van der Waals surface area contributed by atoms with Crippen LogP contribution in [0.25, 0.3) is 18.2 Å². The van der Waals surface area contributed by atoms with Crippen molar-refractivity contribution in [3.63, 3.8) is 0 Å². The molecule has 0 heterocycles. The molecular weight excluding hydrogens is 448 g/mol. The molecule has 0 aliphatic carbocycles. The number of methoxy groups -OCH3 is 4. The summed E-state index contributed by atoms with van der Waals surface area (Å²) >= 11 is 0. The molecular formula is C27H28N2O6. The van der Waals surface area contributed by atoms with Gasteiger partial charge in [0.1, 0.15) is 0 Å². The van der Waals surface area contributed by atoms with Crippen LogP contribution in [0.4, 0.5) is 11.4 Å². The zero-order valence-corrected chi connectivity index (χ0v) is 20.0. The monoisotopic (exact) mass is 476 g/mol. The van der Waals surface area contributed by atoms with Crippen LogP contribution in [0, 0.1) is 0 Å². The average Bonchev–Trinajstić information content (AvgIpc) is 2.87. The number of aromatic hydroxyl groups is 1. The molecule has 8 nitrogen and oxygen atoms in total. The molecule has 8 heteroatoms. The second kappa shape index (κ2) is 11.5. The third kappa shape index (κ3) is 6.26. The number of hydrogen-bond donors (Lipinski definition) is 3. The molecule has 0 saturated carbocycles. The summed E-state index contributed by atoms with van der Waals surface area (Å²) in [6, 6.07) is 14.0. The van der Waals surface area contributed by atoms with Gasteiger partial charge in [-0.15, -0.1) is 0 Å². The van der Waals surface area contributed by atoms with E-state index >= 15 is 0 Å². The van der Waals surface area contributed by atoms with Crippen LogP contribution in [-0.4, -0.2) is 39.5 Å². The molecule has 0 fully saturated rings. The van der Waals surface area contributed by atoms with Crippen LogP contribution in [0.1, 0.15) is 16.7 Å². The Hall–Kier alpha value is -4.59. The summed E-state index contributed by atoms with van der Waals surface area (Å²) in [6.07, 6.45) is 6.63. The number of anilines is 2. The maximum absolute atomic E-state index is 12.5. The van der Waals surface area contributed by atoms with E-state index in [4.69, 9.17) is 24.7 Å². The summed E-state index contributed by atoms with van der Waals surface area (Å²) in [7, 11) is 6.07. The number of phenols is 1. The molecule has 0 spiro atoms. The van der Waals surface area contributed by atoms with E-state index in [-0.39, 0.29) is 17.2 Å². The van der Waals surface area contributed by atoms with Crippen LogP contribution in [0.5, 0.6) is 28.7 Å². The topological polar surface area (TPSA) is 112 Å². The Labute approximate surface area is 204 Å². The Morgan fingerprint density at radius 3 is 1.97 bits per heavy atom. The van der Waals surface area contributed by atoms with Gasteiger partial charge < -0.3 is 35.1 Å². The molecule has 0 atom stereocenters. The number of amides is 1. The first-order valence-electron chi connectivity index (χ1n) is 10.6. The maximum Gasteiger partial charge on any atom is 0.248 e. The minimum absolute atomic E-state index is 0.178. The van der Waals surface area contributed by atoms with E-state index in [2.05, 4.69) is 5.32 Å². The molecule has 0 radical (unpaired) electrons. The minimum Gasteiger partial charge on any atom is -0.503 e. The third-order valence-electron chi connectivity index (χ3n) is 5.07. The van der Waals surface area contributed by atoms with Crippen LogP contribution in [0.2, 0.25) is 0 Å². The first-order valence-corrected chi connectivity index (χ1v) is 10.6. The van der Waals surface area contributed by atoms with Crippen molar-refractivity contribution in [2.24, 2.45) is 0 Å². The maximum atomic E-state index is 12.5. The fourth-order valence-electron chi connectivity index (χ4n) is 3.38. The number of nitrogens with one attached hydrogen (secondary N) is 1. The van der Waals surface area contributed by atoms with Gasteiger partial charge in [0.05, 0.1) is 34.1 Å². The molecule has 182 valence electrons. The van der Waals surface area contributed by atoms with Crippen LogP contribution in [0.15, 0.2) is 54.6 Å². The molecule has 3 aromatic carbocycles. The number of carbonyl (C=O) groups excluding carboxylic acids is 1. The lowest BCUT2D eigenvalue weighted by molar-refractivity contribution is -0.111. The smallest absolute Gasteiger partial charge is 0.248 e. The average molecular weight is 477 g/mol. The molecule has 3 rings (SSSR count). The third-order valence-corrected chi connectivity index (χ3v) is 5.07. The summed E-state index contributed by atoms with van der Waals surface area (Å²) in [6.45, 7) is 0. The highest BCUT2D eigenvalue weighted by Crippen LogP contribution is 2.39. The Kier molecular flexibility index (Phi) is 8.24. The van der Waals surface area contributed by atoms with Crippen LogP contribution in [-0.2, 0) is 4.79 Å². The van der Waals surface area contributed by atoms with Crippen molar-refractivity contribution in [2.75, 3.05) is 39.5 Å². The number of hydrogen-bond acceptors (Lipinski definition) is 7. The van der Waals surface area contributed by atoms with Crippen LogP contribution < -0.4 is 30.0 Å². The number of carbonyl (C=O) groups is 1. The highest BCUT2D eigenvalue weighted by molar-refractivity contribution is 6.03. The van der Waals surface area contributed by atoms with Gasteiger partial charge in [0.2, 0.25) is 11.7 Å². The highest BCUT2D eigenvalue weighted by Gasteiger charge is 2.13. The quantitative estimate of drug-likeness (QED) is 0.175. The number of nitrogen functional groups attached to an aromatic ring is 1. The van der Waals surface area contributed by atoms with Gasteiger partial charge in [-0.25, -0.2) is 0 Å². The van der Waals surface area contributed by atoms with Crippen molar-refractivity contribution in [3.05, 3.63) is 71.3 Å². The Morgan fingerprint density at radius 1 is 0.800 bits per heavy atom. The first kappa shape index (κ1) is 25.0. The number of rotatable bonds is 9. The molecule has 0 aliphatic rings. The number of benzene rings is 3. The van der Waals surface area contributed by atoms with Gasteiger partial charge >= 0.3 is 0 Å². The molecule has 0 saturated heterocycles. The SMILES string of the molecule is COc1cc(/C=C/c2cc(OC)c(OC)c(OC)c2)cc(NC(=O)/C=C/c2cccc(N)c2)c1O. The standard InChI is InChI=1S/C27H28N2O6/c1-32-22-14-18(8-9-19-15-23(33-2)27(35-4)24(16-19)34-3)13-21(26(22)31)29-25(30)11-10-17-6-5-7-20(28)12-17/h5-16,31H,28H2,1-4H3,(H,29,30)/b9-8+,11-10+.